The molecule has 0 aliphatic carbocycles. The Morgan fingerprint density at radius 1 is 1.23 bits per heavy atom. The van der Waals surface area contributed by atoms with Crippen molar-refractivity contribution < 1.29 is 9.18 Å². The highest BCUT2D eigenvalue weighted by Gasteiger charge is 2.40. The highest BCUT2D eigenvalue weighted by Crippen LogP contribution is 2.40. The predicted molar refractivity (Wildman–Crippen MR) is 122 cm³/mol. The quantitative estimate of drug-likeness (QED) is 0.505. The zero-order chi connectivity index (χ0) is 22.0. The Bertz CT molecular complexity index is 1100. The average molecular weight is 438 g/mol. The van der Waals surface area contributed by atoms with Crippen molar-refractivity contribution in [3.05, 3.63) is 83.2 Å². The topological polar surface area (TPSA) is 73.1 Å². The van der Waals surface area contributed by atoms with E-state index in [2.05, 4.69) is 26.7 Å². The van der Waals surface area contributed by atoms with Gasteiger partial charge >= 0.3 is 0 Å². The van der Waals surface area contributed by atoms with Crippen molar-refractivity contribution in [1.29, 1.82) is 0 Å². The van der Waals surface area contributed by atoms with E-state index >= 15 is 0 Å². The summed E-state index contributed by atoms with van der Waals surface area (Å²) in [6.07, 6.45) is 1.93. The number of aromatic nitrogens is 2. The Morgan fingerprint density at radius 2 is 2.00 bits per heavy atom. The molecule has 0 saturated carbocycles. The third-order valence-electron chi connectivity index (χ3n) is 5.43. The average Bonchev–Trinajstić information content (AvgIpc) is 3.26. The Labute approximate surface area is 185 Å². The summed E-state index contributed by atoms with van der Waals surface area (Å²) in [6.45, 7) is 4.44. The number of aromatic amines is 1. The molecule has 1 amide bonds. The van der Waals surface area contributed by atoms with E-state index in [0.29, 0.717) is 11.7 Å². The number of nitrogens with one attached hydrogen (secondary N) is 3. The SMILES string of the molecule is Cc1cc([C@H]2[C@@H](c3ccccn3)NC(=S)N2CCC(=O)Nc2ccccc2F)c(C)[nH]1. The summed E-state index contributed by atoms with van der Waals surface area (Å²) in [6, 6.07) is 13.8. The van der Waals surface area contributed by atoms with E-state index in [1.54, 1.807) is 24.4 Å². The molecule has 0 spiro atoms. The number of nitrogens with zero attached hydrogens (tertiary/aromatic N) is 2. The number of aryl methyl sites for hydroxylation is 2. The molecule has 1 fully saturated rings. The summed E-state index contributed by atoms with van der Waals surface area (Å²) in [5.41, 5.74) is 4.27. The van der Waals surface area contributed by atoms with Crippen molar-refractivity contribution in [2.24, 2.45) is 0 Å². The molecule has 0 unspecified atom stereocenters. The van der Waals surface area contributed by atoms with Gasteiger partial charge in [-0.05, 0) is 62.0 Å². The van der Waals surface area contributed by atoms with Gasteiger partial charge in [0, 0.05) is 30.6 Å². The fraction of sp³-hybridized carbons (Fsp3) is 0.261. The van der Waals surface area contributed by atoms with Gasteiger partial charge in [0.05, 0.1) is 23.5 Å². The van der Waals surface area contributed by atoms with Crippen molar-refractivity contribution in [2.45, 2.75) is 32.4 Å². The molecule has 3 N–H and O–H groups in total. The molecule has 31 heavy (non-hydrogen) atoms. The molecule has 1 aliphatic rings. The summed E-state index contributed by atoms with van der Waals surface area (Å²) in [4.78, 5) is 22.4. The fourth-order valence-corrected chi connectivity index (χ4v) is 4.37. The van der Waals surface area contributed by atoms with E-state index in [-0.39, 0.29) is 30.1 Å². The first-order valence-corrected chi connectivity index (χ1v) is 10.5. The summed E-state index contributed by atoms with van der Waals surface area (Å²) < 4.78 is 13.9. The second-order valence-electron chi connectivity index (χ2n) is 7.63. The van der Waals surface area contributed by atoms with Crippen molar-refractivity contribution >= 4 is 28.9 Å². The van der Waals surface area contributed by atoms with E-state index in [0.717, 1.165) is 22.6 Å². The maximum Gasteiger partial charge on any atom is 0.226 e. The number of halogens is 1. The molecule has 3 aromatic rings. The zero-order valence-corrected chi connectivity index (χ0v) is 18.2. The van der Waals surface area contributed by atoms with Gasteiger partial charge in [-0.1, -0.05) is 18.2 Å². The van der Waals surface area contributed by atoms with E-state index in [4.69, 9.17) is 12.2 Å². The lowest BCUT2D eigenvalue weighted by molar-refractivity contribution is -0.116. The Morgan fingerprint density at radius 3 is 2.68 bits per heavy atom. The summed E-state index contributed by atoms with van der Waals surface area (Å²) >= 11 is 5.63. The van der Waals surface area contributed by atoms with Gasteiger partial charge in [-0.25, -0.2) is 4.39 Å². The summed E-state index contributed by atoms with van der Waals surface area (Å²) in [5.74, 6) is -0.726. The number of H-pyrrole nitrogens is 1. The molecule has 2 atom stereocenters. The highest BCUT2D eigenvalue weighted by molar-refractivity contribution is 7.80. The van der Waals surface area contributed by atoms with Gasteiger partial charge in [0.1, 0.15) is 5.82 Å². The number of anilines is 1. The van der Waals surface area contributed by atoms with Crippen LogP contribution in [0.5, 0.6) is 0 Å². The molecule has 0 radical (unpaired) electrons. The van der Waals surface area contributed by atoms with Crippen LogP contribution in [-0.4, -0.2) is 32.4 Å². The van der Waals surface area contributed by atoms with Crippen molar-refractivity contribution in [3.8, 4) is 0 Å². The maximum absolute atomic E-state index is 13.9. The number of pyridine rings is 1. The zero-order valence-electron chi connectivity index (χ0n) is 17.4. The second-order valence-corrected chi connectivity index (χ2v) is 8.02. The molecule has 3 heterocycles. The first-order valence-electron chi connectivity index (χ1n) is 10.1. The van der Waals surface area contributed by atoms with Crippen LogP contribution in [0.4, 0.5) is 10.1 Å². The normalized spacial score (nSPS) is 18.2. The van der Waals surface area contributed by atoms with E-state index in [1.807, 2.05) is 36.9 Å². The lowest BCUT2D eigenvalue weighted by atomic mass is 9.96. The smallest absolute Gasteiger partial charge is 0.226 e. The lowest BCUT2D eigenvalue weighted by Gasteiger charge is -2.27. The highest BCUT2D eigenvalue weighted by atomic mass is 32.1. The third-order valence-corrected chi connectivity index (χ3v) is 5.79. The minimum atomic E-state index is -0.458. The number of amides is 1. The number of benzene rings is 1. The maximum atomic E-state index is 13.9. The van der Waals surface area contributed by atoms with Crippen LogP contribution in [0.1, 0.15) is 41.1 Å². The minimum absolute atomic E-state index is 0.117. The fourth-order valence-electron chi connectivity index (χ4n) is 4.03. The summed E-state index contributed by atoms with van der Waals surface area (Å²) in [5, 5.41) is 6.58. The van der Waals surface area contributed by atoms with Gasteiger partial charge < -0.3 is 20.5 Å². The lowest BCUT2D eigenvalue weighted by Crippen LogP contribution is -2.32. The van der Waals surface area contributed by atoms with Crippen molar-refractivity contribution in [2.75, 3.05) is 11.9 Å². The monoisotopic (exact) mass is 437 g/mol. The van der Waals surface area contributed by atoms with Gasteiger partial charge in [0.15, 0.2) is 5.11 Å². The molecule has 2 aromatic heterocycles. The number of rotatable bonds is 6. The van der Waals surface area contributed by atoms with Crippen LogP contribution in [-0.2, 0) is 4.79 Å². The molecule has 8 heteroatoms. The first-order chi connectivity index (χ1) is 14.9. The van der Waals surface area contributed by atoms with Crippen LogP contribution < -0.4 is 10.6 Å². The largest absolute Gasteiger partial charge is 0.362 e. The van der Waals surface area contributed by atoms with Crippen molar-refractivity contribution in [3.63, 3.8) is 0 Å². The van der Waals surface area contributed by atoms with Gasteiger partial charge in [0.2, 0.25) is 5.91 Å². The minimum Gasteiger partial charge on any atom is -0.362 e. The predicted octanol–water partition coefficient (Wildman–Crippen LogP) is 4.17. The van der Waals surface area contributed by atoms with E-state index < -0.39 is 5.82 Å². The van der Waals surface area contributed by atoms with Gasteiger partial charge in [-0.2, -0.15) is 0 Å². The Balaban J connectivity index is 1.56. The Kier molecular flexibility index (Phi) is 5.99. The van der Waals surface area contributed by atoms with Gasteiger partial charge in [0.25, 0.3) is 0 Å². The molecule has 1 aliphatic heterocycles. The van der Waals surface area contributed by atoms with Crippen LogP contribution in [0.3, 0.4) is 0 Å². The molecule has 1 saturated heterocycles. The van der Waals surface area contributed by atoms with E-state index in [1.165, 1.54) is 6.07 Å². The molecule has 4 rings (SSSR count). The first kappa shape index (κ1) is 21.0. The van der Waals surface area contributed by atoms with Crippen molar-refractivity contribution in [1.82, 2.24) is 20.2 Å². The standard InChI is InChI=1S/C23H24FN5OS/c1-14-13-16(15(2)26-14)22-21(19-9-5-6-11-25-19)28-23(31)29(22)12-10-20(30)27-18-8-4-3-7-17(18)24/h3-9,11,13,21-22,26H,10,12H2,1-2H3,(H,27,30)(H,28,31)/t21-,22+/m1/s1. The van der Waals surface area contributed by atoms with Crippen LogP contribution in [0, 0.1) is 19.7 Å². The number of carbonyl (C=O) groups excluding carboxylic acids is 1. The van der Waals surface area contributed by atoms with Crippen LogP contribution in [0.2, 0.25) is 0 Å². The number of carbonyl (C=O) groups is 1. The van der Waals surface area contributed by atoms with E-state index in [9.17, 15) is 9.18 Å². The Hall–Kier alpha value is -3.26. The third kappa shape index (κ3) is 4.44. The molecule has 1 aromatic carbocycles. The number of thiocarbonyl (C=S) groups is 1. The molecule has 0 bridgehead atoms. The van der Waals surface area contributed by atoms with Crippen LogP contribution in [0.25, 0.3) is 0 Å². The van der Waals surface area contributed by atoms with Gasteiger partial charge in [-0.3, -0.25) is 9.78 Å². The van der Waals surface area contributed by atoms with Crippen LogP contribution >= 0.6 is 12.2 Å². The number of hydrogen-bond acceptors (Lipinski definition) is 3. The van der Waals surface area contributed by atoms with Gasteiger partial charge in [-0.15, -0.1) is 0 Å². The van der Waals surface area contributed by atoms with Crippen LogP contribution in [0.15, 0.2) is 54.7 Å². The second kappa shape index (κ2) is 8.85. The number of para-hydroxylation sites is 1. The molecular formula is C23H24FN5OS. The number of hydrogen-bond donors (Lipinski definition) is 3. The molecule has 160 valence electrons. The molecule has 6 nitrogen and oxygen atoms in total. The molecular weight excluding hydrogens is 413 g/mol. The summed E-state index contributed by atoms with van der Waals surface area (Å²) in [7, 11) is 0.